The third-order valence-corrected chi connectivity index (χ3v) is 5.85. The van der Waals surface area contributed by atoms with Gasteiger partial charge < -0.3 is 9.47 Å². The minimum absolute atomic E-state index is 0.276. The van der Waals surface area contributed by atoms with E-state index in [9.17, 15) is 0 Å². The summed E-state index contributed by atoms with van der Waals surface area (Å²) in [5.74, 6) is 0.964. The first-order chi connectivity index (χ1) is 15.2. The Bertz CT molecular complexity index is 675. The molecular weight excluding hydrogens is 380 g/mol. The Labute approximate surface area is 191 Å². The third-order valence-electron chi connectivity index (χ3n) is 5.85. The summed E-state index contributed by atoms with van der Waals surface area (Å²) in [6, 6.07) is 17.2. The molecule has 0 fully saturated rings. The maximum Gasteiger partial charge on any atom is 0.119 e. The van der Waals surface area contributed by atoms with E-state index >= 15 is 0 Å². The van der Waals surface area contributed by atoms with Crippen LogP contribution in [-0.2, 0) is 11.3 Å². The summed E-state index contributed by atoms with van der Waals surface area (Å²) in [7, 11) is 0. The van der Waals surface area contributed by atoms with Crippen molar-refractivity contribution in [3.8, 4) is 16.9 Å². The largest absolute Gasteiger partial charge is 0.491 e. The van der Waals surface area contributed by atoms with Crippen molar-refractivity contribution in [2.45, 2.75) is 104 Å². The molecular formula is C29H44O2. The lowest BCUT2D eigenvalue weighted by Crippen LogP contribution is -2.11. The highest BCUT2D eigenvalue weighted by atomic mass is 16.5. The highest BCUT2D eigenvalue weighted by molar-refractivity contribution is 5.64. The topological polar surface area (TPSA) is 18.5 Å². The van der Waals surface area contributed by atoms with Crippen LogP contribution in [0.1, 0.15) is 97.0 Å². The first-order valence-electron chi connectivity index (χ1n) is 12.7. The van der Waals surface area contributed by atoms with E-state index in [2.05, 4.69) is 69.3 Å². The fraction of sp³-hybridized carbons (Fsp3) is 0.586. The Morgan fingerprint density at radius 2 is 1.19 bits per heavy atom. The number of rotatable bonds is 17. The van der Waals surface area contributed by atoms with Crippen LogP contribution in [0, 0.1) is 0 Å². The number of unbranched alkanes of at least 4 members (excludes halogenated alkanes) is 8. The number of benzene rings is 2. The molecule has 0 aliphatic rings. The van der Waals surface area contributed by atoms with E-state index in [-0.39, 0.29) is 6.10 Å². The smallest absolute Gasteiger partial charge is 0.119 e. The van der Waals surface area contributed by atoms with Gasteiger partial charge in [-0.05, 0) is 55.0 Å². The van der Waals surface area contributed by atoms with Crippen LogP contribution in [0.2, 0.25) is 0 Å². The molecule has 0 saturated heterocycles. The van der Waals surface area contributed by atoms with Gasteiger partial charge in [-0.25, -0.2) is 0 Å². The number of hydrogen-bond acceptors (Lipinski definition) is 2. The zero-order valence-corrected chi connectivity index (χ0v) is 20.2. The van der Waals surface area contributed by atoms with Gasteiger partial charge in [-0.3, -0.25) is 0 Å². The zero-order chi connectivity index (χ0) is 22.2. The van der Waals surface area contributed by atoms with Crippen LogP contribution < -0.4 is 4.74 Å². The molecule has 0 amide bonds. The van der Waals surface area contributed by atoms with Gasteiger partial charge >= 0.3 is 0 Å². The van der Waals surface area contributed by atoms with Gasteiger partial charge in [0, 0.05) is 6.61 Å². The van der Waals surface area contributed by atoms with Crippen LogP contribution in [0.25, 0.3) is 11.1 Å². The van der Waals surface area contributed by atoms with E-state index in [0.29, 0.717) is 6.61 Å². The van der Waals surface area contributed by atoms with E-state index in [1.165, 1.54) is 80.9 Å². The van der Waals surface area contributed by atoms with Crippen LogP contribution in [0.15, 0.2) is 48.5 Å². The van der Waals surface area contributed by atoms with Crippen molar-refractivity contribution in [2.24, 2.45) is 0 Å². The highest BCUT2D eigenvalue weighted by Crippen LogP contribution is 2.24. The Balaban J connectivity index is 1.69. The first kappa shape index (κ1) is 25.5. The Morgan fingerprint density at radius 3 is 1.84 bits per heavy atom. The van der Waals surface area contributed by atoms with Crippen molar-refractivity contribution in [3.05, 3.63) is 54.1 Å². The first-order valence-corrected chi connectivity index (χ1v) is 12.7. The van der Waals surface area contributed by atoms with Crippen molar-refractivity contribution >= 4 is 0 Å². The summed E-state index contributed by atoms with van der Waals surface area (Å²) in [4.78, 5) is 0. The normalized spacial score (nSPS) is 12.1. The van der Waals surface area contributed by atoms with Crippen molar-refractivity contribution < 1.29 is 9.47 Å². The monoisotopic (exact) mass is 424 g/mol. The lowest BCUT2D eigenvalue weighted by atomic mass is 10.0. The maximum absolute atomic E-state index is 6.08. The molecule has 0 N–H and O–H groups in total. The molecule has 0 unspecified atom stereocenters. The molecule has 2 aromatic carbocycles. The molecule has 2 rings (SSSR count). The molecule has 0 saturated carbocycles. The standard InChI is InChI=1S/C29H44O2/c1-4-6-8-10-11-13-23-30-24-26-15-17-27(18-16-26)28-19-21-29(22-20-28)31-25(3)14-12-9-7-5-2/h15-22,25H,4-14,23-24H2,1-3H3/t25-/m0/s1. The third kappa shape index (κ3) is 10.9. The lowest BCUT2D eigenvalue weighted by molar-refractivity contribution is 0.116. The lowest BCUT2D eigenvalue weighted by Gasteiger charge is -2.15. The zero-order valence-electron chi connectivity index (χ0n) is 20.2. The van der Waals surface area contributed by atoms with E-state index in [1.807, 2.05) is 0 Å². The molecule has 0 spiro atoms. The molecule has 0 aliphatic heterocycles. The SMILES string of the molecule is CCCCCCCCOCc1ccc(-c2ccc(O[C@@H](C)CCCCCC)cc2)cc1. The van der Waals surface area contributed by atoms with Crippen molar-refractivity contribution in [1.82, 2.24) is 0 Å². The molecule has 0 bridgehead atoms. The average molecular weight is 425 g/mol. The summed E-state index contributed by atoms with van der Waals surface area (Å²) in [5.41, 5.74) is 3.70. The highest BCUT2D eigenvalue weighted by Gasteiger charge is 2.05. The molecule has 2 aromatic rings. The predicted molar refractivity (Wildman–Crippen MR) is 134 cm³/mol. The fourth-order valence-corrected chi connectivity index (χ4v) is 3.84. The molecule has 172 valence electrons. The Hall–Kier alpha value is -1.80. The van der Waals surface area contributed by atoms with E-state index in [0.717, 1.165) is 18.8 Å². The molecule has 0 aliphatic carbocycles. The van der Waals surface area contributed by atoms with Crippen LogP contribution >= 0.6 is 0 Å². The second-order valence-corrected chi connectivity index (χ2v) is 8.82. The minimum Gasteiger partial charge on any atom is -0.491 e. The van der Waals surface area contributed by atoms with Crippen LogP contribution in [0.4, 0.5) is 0 Å². The number of ether oxygens (including phenoxy) is 2. The Morgan fingerprint density at radius 1 is 0.645 bits per heavy atom. The molecule has 0 heterocycles. The second-order valence-electron chi connectivity index (χ2n) is 8.82. The Kier molecular flexibility index (Phi) is 13.1. The van der Waals surface area contributed by atoms with Crippen LogP contribution in [0.5, 0.6) is 5.75 Å². The second kappa shape index (κ2) is 15.9. The van der Waals surface area contributed by atoms with Crippen LogP contribution in [0.3, 0.4) is 0 Å². The van der Waals surface area contributed by atoms with E-state index < -0.39 is 0 Å². The fourth-order valence-electron chi connectivity index (χ4n) is 3.84. The van der Waals surface area contributed by atoms with Gasteiger partial charge in [-0.15, -0.1) is 0 Å². The van der Waals surface area contributed by atoms with Gasteiger partial charge in [0.05, 0.1) is 12.7 Å². The molecule has 2 heteroatoms. The van der Waals surface area contributed by atoms with Crippen molar-refractivity contribution in [2.75, 3.05) is 6.61 Å². The summed E-state index contributed by atoms with van der Waals surface area (Å²) in [5, 5.41) is 0. The van der Waals surface area contributed by atoms with Crippen molar-refractivity contribution in [3.63, 3.8) is 0 Å². The van der Waals surface area contributed by atoms with Gasteiger partial charge in [0.25, 0.3) is 0 Å². The predicted octanol–water partition coefficient (Wildman–Crippen LogP) is 8.97. The summed E-state index contributed by atoms with van der Waals surface area (Å²) in [6.45, 7) is 8.26. The maximum atomic E-state index is 6.08. The van der Waals surface area contributed by atoms with E-state index in [4.69, 9.17) is 9.47 Å². The summed E-state index contributed by atoms with van der Waals surface area (Å²) < 4.78 is 11.9. The minimum atomic E-state index is 0.276. The molecule has 0 radical (unpaired) electrons. The average Bonchev–Trinajstić information content (AvgIpc) is 2.79. The number of hydrogen-bond donors (Lipinski definition) is 0. The summed E-state index contributed by atoms with van der Waals surface area (Å²) >= 11 is 0. The molecule has 1 atom stereocenters. The van der Waals surface area contributed by atoms with Gasteiger partial charge in [0.1, 0.15) is 5.75 Å². The van der Waals surface area contributed by atoms with Gasteiger partial charge in [0.15, 0.2) is 0 Å². The van der Waals surface area contributed by atoms with Gasteiger partial charge in [0.2, 0.25) is 0 Å². The van der Waals surface area contributed by atoms with E-state index in [1.54, 1.807) is 0 Å². The summed E-state index contributed by atoms with van der Waals surface area (Å²) in [6.07, 6.45) is 14.4. The quantitative estimate of drug-likeness (QED) is 0.236. The van der Waals surface area contributed by atoms with Crippen molar-refractivity contribution in [1.29, 1.82) is 0 Å². The molecule has 2 nitrogen and oxygen atoms in total. The van der Waals surface area contributed by atoms with Gasteiger partial charge in [-0.2, -0.15) is 0 Å². The van der Waals surface area contributed by atoms with Crippen LogP contribution in [-0.4, -0.2) is 12.7 Å². The van der Waals surface area contributed by atoms with Gasteiger partial charge in [-0.1, -0.05) is 102 Å². The molecule has 31 heavy (non-hydrogen) atoms. The molecule has 0 aromatic heterocycles.